The summed E-state index contributed by atoms with van der Waals surface area (Å²) in [7, 11) is 0. The Bertz CT molecular complexity index is 631. The van der Waals surface area contributed by atoms with Gasteiger partial charge in [-0.05, 0) is 47.5 Å². The fraction of sp³-hybridized carbons (Fsp3) is 0.200. The van der Waals surface area contributed by atoms with E-state index < -0.39 is 0 Å². The van der Waals surface area contributed by atoms with E-state index in [1.807, 2.05) is 36.5 Å². The van der Waals surface area contributed by atoms with Crippen LogP contribution in [0.3, 0.4) is 0 Å². The van der Waals surface area contributed by atoms with Gasteiger partial charge < -0.3 is 5.32 Å². The minimum absolute atomic E-state index is 0.747. The number of hydrogen-bond acceptors (Lipinski definition) is 4. The number of aromatic nitrogens is 3. The first-order chi connectivity index (χ1) is 9.92. The monoisotopic (exact) mass is 284 g/mol. The van der Waals surface area contributed by atoms with Crippen LogP contribution in [0.2, 0.25) is 0 Å². The molecule has 5 heteroatoms. The van der Waals surface area contributed by atoms with Gasteiger partial charge in [-0.1, -0.05) is 18.2 Å². The molecule has 0 aliphatic heterocycles. The molecule has 0 atom stereocenters. The summed E-state index contributed by atoms with van der Waals surface area (Å²) in [6, 6.07) is 12.1. The van der Waals surface area contributed by atoms with E-state index in [2.05, 4.69) is 32.3 Å². The van der Waals surface area contributed by atoms with Gasteiger partial charge in [0.25, 0.3) is 0 Å². The van der Waals surface area contributed by atoms with Crippen molar-refractivity contribution in [3.05, 3.63) is 64.6 Å². The molecule has 3 rings (SSSR count). The van der Waals surface area contributed by atoms with Gasteiger partial charge in [0.2, 0.25) is 0 Å². The second-order valence-electron chi connectivity index (χ2n) is 4.52. The van der Waals surface area contributed by atoms with E-state index in [9.17, 15) is 0 Å². The van der Waals surface area contributed by atoms with Crippen molar-refractivity contribution in [1.29, 1.82) is 0 Å². The molecule has 4 nitrogen and oxygen atoms in total. The first-order valence-electron chi connectivity index (χ1n) is 6.60. The summed E-state index contributed by atoms with van der Waals surface area (Å²) in [6.45, 7) is 1.70. The number of thiophene rings is 1. The van der Waals surface area contributed by atoms with Crippen LogP contribution in [0.25, 0.3) is 5.69 Å². The van der Waals surface area contributed by atoms with Gasteiger partial charge in [0, 0.05) is 6.54 Å². The fourth-order valence-electron chi connectivity index (χ4n) is 1.95. The van der Waals surface area contributed by atoms with Gasteiger partial charge >= 0.3 is 0 Å². The SMILES string of the molecule is c1ccc(-n2ncc(CNCCc3ccsc3)n2)cc1. The van der Waals surface area contributed by atoms with Crippen molar-refractivity contribution in [1.82, 2.24) is 20.3 Å². The lowest BCUT2D eigenvalue weighted by molar-refractivity contribution is 0.660. The Kier molecular flexibility index (Phi) is 4.20. The van der Waals surface area contributed by atoms with Crippen molar-refractivity contribution in [2.24, 2.45) is 0 Å². The molecule has 0 aliphatic carbocycles. The summed E-state index contributed by atoms with van der Waals surface area (Å²) in [6.07, 6.45) is 2.86. The second kappa shape index (κ2) is 6.45. The lowest BCUT2D eigenvalue weighted by atomic mass is 10.2. The summed E-state index contributed by atoms with van der Waals surface area (Å²) < 4.78 is 0. The highest BCUT2D eigenvalue weighted by molar-refractivity contribution is 7.07. The Morgan fingerprint density at radius 3 is 2.85 bits per heavy atom. The van der Waals surface area contributed by atoms with E-state index in [0.717, 1.165) is 30.9 Å². The van der Waals surface area contributed by atoms with Gasteiger partial charge in [-0.25, -0.2) is 0 Å². The van der Waals surface area contributed by atoms with E-state index in [1.54, 1.807) is 16.1 Å². The molecule has 2 heterocycles. The van der Waals surface area contributed by atoms with E-state index >= 15 is 0 Å². The number of hydrogen-bond donors (Lipinski definition) is 1. The Morgan fingerprint density at radius 1 is 1.15 bits per heavy atom. The molecule has 0 unspecified atom stereocenters. The third-order valence-corrected chi connectivity index (χ3v) is 3.74. The van der Waals surface area contributed by atoms with E-state index in [1.165, 1.54) is 5.56 Å². The number of nitrogens with zero attached hydrogens (tertiary/aromatic N) is 3. The molecule has 3 aromatic rings. The molecule has 1 N–H and O–H groups in total. The number of rotatable bonds is 6. The molecule has 0 saturated heterocycles. The normalized spacial score (nSPS) is 10.8. The van der Waals surface area contributed by atoms with Crippen molar-refractivity contribution in [2.45, 2.75) is 13.0 Å². The van der Waals surface area contributed by atoms with Crippen molar-refractivity contribution in [3.8, 4) is 5.69 Å². The summed E-state index contributed by atoms with van der Waals surface area (Å²) in [5.41, 5.74) is 3.33. The molecule has 0 radical (unpaired) electrons. The van der Waals surface area contributed by atoms with Crippen LogP contribution in [0.5, 0.6) is 0 Å². The molecule has 20 heavy (non-hydrogen) atoms. The zero-order chi connectivity index (χ0) is 13.6. The zero-order valence-corrected chi connectivity index (χ0v) is 11.9. The molecule has 102 valence electrons. The largest absolute Gasteiger partial charge is 0.311 e. The molecule has 2 aromatic heterocycles. The van der Waals surface area contributed by atoms with E-state index in [-0.39, 0.29) is 0 Å². The third-order valence-electron chi connectivity index (χ3n) is 3.00. The molecule has 0 spiro atoms. The average molecular weight is 284 g/mol. The minimum Gasteiger partial charge on any atom is -0.311 e. The van der Waals surface area contributed by atoms with Gasteiger partial charge in [0.1, 0.15) is 0 Å². The maximum Gasteiger partial charge on any atom is 0.0969 e. The predicted octanol–water partition coefficient (Wildman–Crippen LogP) is 2.66. The van der Waals surface area contributed by atoms with Crippen LogP contribution in [0.15, 0.2) is 53.4 Å². The van der Waals surface area contributed by atoms with Crippen LogP contribution in [0.1, 0.15) is 11.3 Å². The Hall–Kier alpha value is -1.98. The van der Waals surface area contributed by atoms with Crippen LogP contribution >= 0.6 is 11.3 Å². The summed E-state index contributed by atoms with van der Waals surface area (Å²) in [4.78, 5) is 1.66. The van der Waals surface area contributed by atoms with Crippen molar-refractivity contribution in [2.75, 3.05) is 6.54 Å². The summed E-state index contributed by atoms with van der Waals surface area (Å²) in [5, 5.41) is 16.4. The molecule has 0 amide bonds. The molecule has 0 bridgehead atoms. The number of nitrogens with one attached hydrogen (secondary N) is 1. The molecule has 0 saturated carbocycles. The average Bonchev–Trinajstić information content (AvgIpc) is 3.16. The molecule has 0 aliphatic rings. The van der Waals surface area contributed by atoms with Crippen LogP contribution in [0.4, 0.5) is 0 Å². The Morgan fingerprint density at radius 2 is 2.05 bits per heavy atom. The molecular formula is C15H16N4S. The quantitative estimate of drug-likeness (QED) is 0.708. The van der Waals surface area contributed by atoms with E-state index in [0.29, 0.717) is 0 Å². The lowest BCUT2D eigenvalue weighted by Crippen LogP contribution is -2.17. The van der Waals surface area contributed by atoms with Crippen LogP contribution in [0, 0.1) is 0 Å². The molecule has 0 fully saturated rings. The topological polar surface area (TPSA) is 42.7 Å². The highest BCUT2D eigenvalue weighted by atomic mass is 32.1. The first-order valence-corrected chi connectivity index (χ1v) is 7.54. The Labute approximate surface area is 122 Å². The standard InChI is InChI=1S/C15H16N4S/c1-2-4-15(5-3-1)19-17-11-14(18-19)10-16-8-6-13-7-9-20-12-13/h1-5,7,9,11-12,16H,6,8,10H2. The lowest BCUT2D eigenvalue weighted by Gasteiger charge is -2.01. The van der Waals surface area contributed by atoms with Crippen LogP contribution in [-0.2, 0) is 13.0 Å². The van der Waals surface area contributed by atoms with Gasteiger partial charge in [0.05, 0.1) is 17.6 Å². The van der Waals surface area contributed by atoms with Gasteiger partial charge in [-0.15, -0.1) is 0 Å². The summed E-state index contributed by atoms with van der Waals surface area (Å²) in [5.74, 6) is 0. The van der Waals surface area contributed by atoms with Crippen LogP contribution < -0.4 is 5.32 Å². The Balaban J connectivity index is 1.50. The zero-order valence-electron chi connectivity index (χ0n) is 11.1. The maximum atomic E-state index is 4.46. The molecule has 1 aromatic carbocycles. The third kappa shape index (κ3) is 3.31. The van der Waals surface area contributed by atoms with Gasteiger partial charge in [0.15, 0.2) is 0 Å². The minimum atomic E-state index is 0.747. The summed E-state index contributed by atoms with van der Waals surface area (Å²) >= 11 is 1.74. The number of para-hydroxylation sites is 1. The van der Waals surface area contributed by atoms with Crippen molar-refractivity contribution in [3.63, 3.8) is 0 Å². The van der Waals surface area contributed by atoms with Gasteiger partial charge in [-0.2, -0.15) is 26.3 Å². The highest BCUT2D eigenvalue weighted by Gasteiger charge is 2.02. The number of benzene rings is 1. The van der Waals surface area contributed by atoms with Crippen molar-refractivity contribution < 1.29 is 0 Å². The first kappa shape index (κ1) is 13.0. The van der Waals surface area contributed by atoms with Crippen LogP contribution in [-0.4, -0.2) is 21.5 Å². The highest BCUT2D eigenvalue weighted by Crippen LogP contribution is 2.06. The smallest absolute Gasteiger partial charge is 0.0969 e. The van der Waals surface area contributed by atoms with Crippen molar-refractivity contribution >= 4 is 11.3 Å². The van der Waals surface area contributed by atoms with E-state index in [4.69, 9.17) is 0 Å². The molecular weight excluding hydrogens is 268 g/mol. The maximum absolute atomic E-state index is 4.46. The van der Waals surface area contributed by atoms with Gasteiger partial charge in [-0.3, -0.25) is 0 Å². The fourth-order valence-corrected chi connectivity index (χ4v) is 2.65. The predicted molar refractivity (Wildman–Crippen MR) is 81.1 cm³/mol. The second-order valence-corrected chi connectivity index (χ2v) is 5.30.